The highest BCUT2D eigenvalue weighted by atomic mass is 16.5. The summed E-state index contributed by atoms with van der Waals surface area (Å²) in [5.74, 6) is 0. The van der Waals surface area contributed by atoms with Crippen molar-refractivity contribution in [2.75, 3.05) is 6.54 Å². The highest BCUT2D eigenvalue weighted by Crippen LogP contribution is 2.00. The van der Waals surface area contributed by atoms with Crippen LogP contribution in [0.2, 0.25) is 0 Å². The number of aromatic nitrogens is 1. The molecule has 0 aliphatic heterocycles. The summed E-state index contributed by atoms with van der Waals surface area (Å²) in [6.07, 6.45) is 0.104. The Hall–Kier alpha value is -2.60. The smallest absolute Gasteiger partial charge is 0.407 e. The fourth-order valence-corrected chi connectivity index (χ4v) is 1.88. The van der Waals surface area contributed by atoms with Crippen molar-refractivity contribution < 1.29 is 14.6 Å². The van der Waals surface area contributed by atoms with Crippen LogP contribution in [0, 0.1) is 0 Å². The van der Waals surface area contributed by atoms with Gasteiger partial charge in [-0.3, -0.25) is 4.79 Å². The molecule has 1 amide bonds. The predicted octanol–water partition coefficient (Wildman–Crippen LogP) is 1.14. The monoisotopic (exact) mass is 302 g/mol. The highest BCUT2D eigenvalue weighted by Gasteiger charge is 2.09. The van der Waals surface area contributed by atoms with E-state index in [1.165, 1.54) is 10.6 Å². The number of benzene rings is 1. The molecule has 2 aromatic rings. The standard InChI is InChI=1S/C16H18N2O4/c19-14(11-18-9-5-4-8-15(18)20)10-17-16(21)22-12-13-6-2-1-3-7-13/h1-9,14,19H,10-12H2,(H,17,21). The van der Waals surface area contributed by atoms with Gasteiger partial charge in [-0.2, -0.15) is 0 Å². The van der Waals surface area contributed by atoms with Gasteiger partial charge in [0.25, 0.3) is 5.56 Å². The minimum atomic E-state index is -0.871. The molecule has 2 N–H and O–H groups in total. The maximum Gasteiger partial charge on any atom is 0.407 e. The Labute approximate surface area is 128 Å². The molecule has 0 aliphatic rings. The number of ether oxygens (including phenoxy) is 1. The van der Waals surface area contributed by atoms with E-state index in [-0.39, 0.29) is 25.3 Å². The van der Waals surface area contributed by atoms with Crippen molar-refractivity contribution in [3.05, 3.63) is 70.6 Å². The summed E-state index contributed by atoms with van der Waals surface area (Å²) >= 11 is 0. The third kappa shape index (κ3) is 5.06. The van der Waals surface area contributed by atoms with Crippen LogP contribution in [0.3, 0.4) is 0 Å². The fourth-order valence-electron chi connectivity index (χ4n) is 1.88. The van der Waals surface area contributed by atoms with E-state index in [1.54, 1.807) is 18.3 Å². The van der Waals surface area contributed by atoms with Crippen LogP contribution in [0.15, 0.2) is 59.5 Å². The van der Waals surface area contributed by atoms with Crippen molar-refractivity contribution in [1.29, 1.82) is 0 Å². The van der Waals surface area contributed by atoms with Crippen molar-refractivity contribution in [2.24, 2.45) is 0 Å². The van der Waals surface area contributed by atoms with Gasteiger partial charge in [-0.05, 0) is 11.6 Å². The van der Waals surface area contributed by atoms with Crippen molar-refractivity contribution >= 4 is 6.09 Å². The zero-order valence-corrected chi connectivity index (χ0v) is 12.0. The minimum absolute atomic E-state index is 0.00889. The molecule has 22 heavy (non-hydrogen) atoms. The average Bonchev–Trinajstić information content (AvgIpc) is 2.54. The number of hydrogen-bond donors (Lipinski definition) is 2. The quantitative estimate of drug-likeness (QED) is 0.838. The van der Waals surface area contributed by atoms with E-state index in [9.17, 15) is 14.7 Å². The summed E-state index contributed by atoms with van der Waals surface area (Å²) in [7, 11) is 0. The second-order valence-electron chi connectivity index (χ2n) is 4.79. The number of rotatable bonds is 6. The number of alkyl carbamates (subject to hydrolysis) is 1. The zero-order chi connectivity index (χ0) is 15.8. The van der Waals surface area contributed by atoms with E-state index in [4.69, 9.17) is 4.74 Å². The maximum atomic E-state index is 11.5. The molecule has 1 aromatic heterocycles. The van der Waals surface area contributed by atoms with Crippen LogP contribution in [0.4, 0.5) is 4.79 Å². The van der Waals surface area contributed by atoms with E-state index in [0.717, 1.165) is 5.56 Å². The minimum Gasteiger partial charge on any atom is -0.445 e. The number of pyridine rings is 1. The molecule has 0 fully saturated rings. The van der Waals surface area contributed by atoms with Gasteiger partial charge in [0, 0.05) is 18.8 Å². The molecule has 6 nitrogen and oxygen atoms in total. The second kappa shape index (κ2) is 7.99. The summed E-state index contributed by atoms with van der Waals surface area (Å²) in [4.78, 5) is 23.0. The van der Waals surface area contributed by atoms with Gasteiger partial charge in [0.1, 0.15) is 6.61 Å². The molecule has 116 valence electrons. The van der Waals surface area contributed by atoms with Crippen molar-refractivity contribution in [3.8, 4) is 0 Å². The first kappa shape index (κ1) is 15.8. The van der Waals surface area contributed by atoms with Gasteiger partial charge in [-0.15, -0.1) is 0 Å². The molecule has 0 aliphatic carbocycles. The van der Waals surface area contributed by atoms with Crippen molar-refractivity contribution in [3.63, 3.8) is 0 Å². The van der Waals surface area contributed by atoms with E-state index < -0.39 is 12.2 Å². The lowest BCUT2D eigenvalue weighted by Crippen LogP contribution is -2.36. The van der Waals surface area contributed by atoms with Gasteiger partial charge in [-0.1, -0.05) is 36.4 Å². The molecular formula is C16H18N2O4. The number of carbonyl (C=O) groups excluding carboxylic acids is 1. The molecule has 0 radical (unpaired) electrons. The second-order valence-corrected chi connectivity index (χ2v) is 4.79. The van der Waals surface area contributed by atoms with Gasteiger partial charge in [0.05, 0.1) is 12.6 Å². The Morgan fingerprint density at radius 2 is 1.91 bits per heavy atom. The highest BCUT2D eigenvalue weighted by molar-refractivity contribution is 5.67. The fraction of sp³-hybridized carbons (Fsp3) is 0.250. The molecule has 6 heteroatoms. The predicted molar refractivity (Wildman–Crippen MR) is 81.3 cm³/mol. The average molecular weight is 302 g/mol. The Bertz CT molecular complexity index is 654. The Balaban J connectivity index is 1.72. The first-order valence-corrected chi connectivity index (χ1v) is 6.93. The third-order valence-electron chi connectivity index (χ3n) is 3.00. The summed E-state index contributed by atoms with van der Waals surface area (Å²) in [5, 5.41) is 12.3. The van der Waals surface area contributed by atoms with Crippen LogP contribution in [-0.4, -0.2) is 28.4 Å². The van der Waals surface area contributed by atoms with Crippen LogP contribution in [0.25, 0.3) is 0 Å². The van der Waals surface area contributed by atoms with Crippen molar-refractivity contribution in [2.45, 2.75) is 19.3 Å². The summed E-state index contributed by atoms with van der Waals surface area (Å²) < 4.78 is 6.40. The molecule has 0 spiro atoms. The van der Waals surface area contributed by atoms with Crippen LogP contribution >= 0.6 is 0 Å². The molecule has 1 heterocycles. The number of hydrogen-bond acceptors (Lipinski definition) is 4. The number of carbonyl (C=O) groups is 1. The molecule has 0 saturated carbocycles. The van der Waals surface area contributed by atoms with Gasteiger partial charge < -0.3 is 19.7 Å². The Morgan fingerprint density at radius 3 is 2.64 bits per heavy atom. The SMILES string of the molecule is O=C(NCC(O)Cn1ccccc1=O)OCc1ccccc1. The Morgan fingerprint density at radius 1 is 1.18 bits per heavy atom. The van der Waals surface area contributed by atoms with E-state index in [1.807, 2.05) is 30.3 Å². The number of aliphatic hydroxyl groups excluding tert-OH is 1. The lowest BCUT2D eigenvalue weighted by atomic mass is 10.2. The Kier molecular flexibility index (Phi) is 5.73. The first-order valence-electron chi connectivity index (χ1n) is 6.93. The van der Waals surface area contributed by atoms with Gasteiger partial charge in [0.2, 0.25) is 0 Å². The topological polar surface area (TPSA) is 80.6 Å². The number of amides is 1. The largest absolute Gasteiger partial charge is 0.445 e. The van der Waals surface area contributed by atoms with Gasteiger partial charge >= 0.3 is 6.09 Å². The number of nitrogens with one attached hydrogen (secondary N) is 1. The van der Waals surface area contributed by atoms with E-state index >= 15 is 0 Å². The normalized spacial score (nSPS) is 11.7. The summed E-state index contributed by atoms with van der Waals surface area (Å²) in [6.45, 7) is 0.286. The molecule has 1 unspecified atom stereocenters. The molecule has 1 aromatic carbocycles. The molecular weight excluding hydrogens is 284 g/mol. The van der Waals surface area contributed by atoms with Crippen molar-refractivity contribution in [1.82, 2.24) is 9.88 Å². The number of aliphatic hydroxyl groups is 1. The lowest BCUT2D eigenvalue weighted by Gasteiger charge is -2.13. The maximum absolute atomic E-state index is 11.5. The summed E-state index contributed by atoms with van der Waals surface area (Å²) in [6, 6.07) is 14.0. The van der Waals surface area contributed by atoms with Crippen LogP contribution in [-0.2, 0) is 17.9 Å². The molecule has 1 atom stereocenters. The third-order valence-corrected chi connectivity index (χ3v) is 3.00. The van der Waals surface area contributed by atoms with Crippen LogP contribution < -0.4 is 10.9 Å². The molecule has 0 saturated heterocycles. The van der Waals surface area contributed by atoms with E-state index in [0.29, 0.717) is 0 Å². The van der Waals surface area contributed by atoms with Gasteiger partial charge in [-0.25, -0.2) is 4.79 Å². The van der Waals surface area contributed by atoms with Gasteiger partial charge in [0.15, 0.2) is 0 Å². The lowest BCUT2D eigenvalue weighted by molar-refractivity contribution is 0.119. The van der Waals surface area contributed by atoms with E-state index in [2.05, 4.69) is 5.32 Å². The number of nitrogens with zero attached hydrogens (tertiary/aromatic N) is 1. The molecule has 2 rings (SSSR count). The molecule has 0 bridgehead atoms. The summed E-state index contributed by atoms with van der Waals surface area (Å²) in [5.41, 5.74) is 0.683. The first-order chi connectivity index (χ1) is 10.6. The van der Waals surface area contributed by atoms with Crippen LogP contribution in [0.1, 0.15) is 5.56 Å². The van der Waals surface area contributed by atoms with Crippen LogP contribution in [0.5, 0.6) is 0 Å². The zero-order valence-electron chi connectivity index (χ0n) is 12.0.